The highest BCUT2D eigenvalue weighted by Crippen LogP contribution is 2.34. The van der Waals surface area contributed by atoms with Crippen LogP contribution in [-0.4, -0.2) is 34.3 Å². The number of likely N-dealkylation sites (N-methyl/N-ethyl adjacent to an activating group) is 1. The number of thiazole rings is 1. The molecule has 4 rings (SSSR count). The van der Waals surface area contributed by atoms with E-state index in [0.29, 0.717) is 6.42 Å². The standard InChI is InChI=1S/C17H15N3OS2/c1-19(2)15(21)10-12-16(14-8-5-9-22-14)18-17-20(12)11-6-3-4-7-13(11)23-17/h3-9H,10H2,1-2H3. The van der Waals surface area contributed by atoms with Gasteiger partial charge in [0.15, 0.2) is 4.96 Å². The van der Waals surface area contributed by atoms with Crippen LogP contribution in [0.25, 0.3) is 25.7 Å². The zero-order chi connectivity index (χ0) is 16.0. The van der Waals surface area contributed by atoms with Crippen LogP contribution in [0, 0.1) is 0 Å². The molecule has 23 heavy (non-hydrogen) atoms. The number of thiophene rings is 1. The number of nitrogens with zero attached hydrogens (tertiary/aromatic N) is 3. The Morgan fingerprint density at radius 1 is 1.22 bits per heavy atom. The fraction of sp³-hybridized carbons (Fsp3) is 0.176. The minimum absolute atomic E-state index is 0.0832. The van der Waals surface area contributed by atoms with Crippen molar-refractivity contribution in [2.24, 2.45) is 0 Å². The molecule has 0 aliphatic rings. The third kappa shape index (κ3) is 2.34. The van der Waals surface area contributed by atoms with Gasteiger partial charge in [-0.3, -0.25) is 9.20 Å². The summed E-state index contributed by atoms with van der Waals surface area (Å²) < 4.78 is 3.32. The average Bonchev–Trinajstić information content (AvgIpc) is 3.22. The first-order valence-electron chi connectivity index (χ1n) is 7.28. The van der Waals surface area contributed by atoms with E-state index >= 15 is 0 Å². The van der Waals surface area contributed by atoms with Crippen LogP contribution in [0.5, 0.6) is 0 Å². The lowest BCUT2D eigenvalue weighted by Gasteiger charge is -2.10. The van der Waals surface area contributed by atoms with Gasteiger partial charge in [0.2, 0.25) is 5.91 Å². The first-order chi connectivity index (χ1) is 11.1. The van der Waals surface area contributed by atoms with E-state index in [4.69, 9.17) is 4.98 Å². The molecule has 0 N–H and O–H groups in total. The highest BCUT2D eigenvalue weighted by Gasteiger charge is 2.21. The summed E-state index contributed by atoms with van der Waals surface area (Å²) in [6, 6.07) is 12.3. The van der Waals surface area contributed by atoms with E-state index in [9.17, 15) is 4.79 Å². The summed E-state index contributed by atoms with van der Waals surface area (Å²) in [6.07, 6.45) is 0.349. The summed E-state index contributed by atoms with van der Waals surface area (Å²) in [4.78, 5) is 20.8. The Bertz CT molecular complexity index is 996. The van der Waals surface area contributed by atoms with Crippen molar-refractivity contribution >= 4 is 43.8 Å². The SMILES string of the molecule is CN(C)C(=O)Cc1c(-c2cccs2)nc2sc3ccccc3n12. The van der Waals surface area contributed by atoms with Crippen molar-refractivity contribution in [1.29, 1.82) is 0 Å². The molecule has 0 fully saturated rings. The molecule has 6 heteroatoms. The maximum absolute atomic E-state index is 12.3. The van der Waals surface area contributed by atoms with Gasteiger partial charge in [-0.05, 0) is 23.6 Å². The van der Waals surface area contributed by atoms with Gasteiger partial charge in [-0.15, -0.1) is 11.3 Å². The van der Waals surface area contributed by atoms with Gasteiger partial charge in [0.05, 0.1) is 27.2 Å². The first kappa shape index (κ1) is 14.4. The molecule has 0 aliphatic heterocycles. The van der Waals surface area contributed by atoms with E-state index in [1.165, 1.54) is 4.70 Å². The lowest BCUT2D eigenvalue weighted by atomic mass is 10.2. The third-order valence-electron chi connectivity index (χ3n) is 3.82. The number of amides is 1. The molecule has 3 aromatic heterocycles. The zero-order valence-electron chi connectivity index (χ0n) is 12.8. The van der Waals surface area contributed by atoms with Gasteiger partial charge in [0, 0.05) is 14.1 Å². The van der Waals surface area contributed by atoms with Gasteiger partial charge in [0.1, 0.15) is 5.69 Å². The predicted octanol–water partition coefficient (Wildman–Crippen LogP) is 3.91. The number of para-hydroxylation sites is 1. The number of aromatic nitrogens is 2. The number of fused-ring (bicyclic) bond motifs is 3. The van der Waals surface area contributed by atoms with E-state index in [1.54, 1.807) is 41.7 Å². The molecule has 4 aromatic rings. The molecule has 0 radical (unpaired) electrons. The summed E-state index contributed by atoms with van der Waals surface area (Å²) in [5, 5.41) is 2.04. The monoisotopic (exact) mass is 341 g/mol. The Balaban J connectivity index is 2.00. The third-order valence-corrected chi connectivity index (χ3v) is 5.72. The van der Waals surface area contributed by atoms with Crippen LogP contribution in [0.2, 0.25) is 0 Å². The van der Waals surface area contributed by atoms with Crippen molar-refractivity contribution in [2.45, 2.75) is 6.42 Å². The molecule has 0 atom stereocenters. The second-order valence-electron chi connectivity index (χ2n) is 5.54. The lowest BCUT2D eigenvalue weighted by molar-refractivity contribution is -0.128. The highest BCUT2D eigenvalue weighted by atomic mass is 32.1. The van der Waals surface area contributed by atoms with Crippen LogP contribution < -0.4 is 0 Å². The molecule has 3 heterocycles. The smallest absolute Gasteiger partial charge is 0.228 e. The van der Waals surface area contributed by atoms with Crippen LogP contribution in [0.3, 0.4) is 0 Å². The van der Waals surface area contributed by atoms with Crippen LogP contribution in [0.1, 0.15) is 5.69 Å². The zero-order valence-corrected chi connectivity index (χ0v) is 14.4. The summed E-state index contributed by atoms with van der Waals surface area (Å²) >= 11 is 3.31. The minimum atomic E-state index is 0.0832. The van der Waals surface area contributed by atoms with Crippen LogP contribution in [-0.2, 0) is 11.2 Å². The summed E-state index contributed by atoms with van der Waals surface area (Å²) in [7, 11) is 3.58. The maximum Gasteiger partial charge on any atom is 0.228 e. The second kappa shape index (κ2) is 5.47. The Labute approximate surface area is 141 Å². The van der Waals surface area contributed by atoms with E-state index in [1.807, 2.05) is 23.6 Å². The number of benzene rings is 1. The first-order valence-corrected chi connectivity index (χ1v) is 8.97. The Kier molecular flexibility index (Phi) is 3.43. The van der Waals surface area contributed by atoms with Crippen molar-refractivity contribution in [3.63, 3.8) is 0 Å². The number of rotatable bonds is 3. The summed E-state index contributed by atoms with van der Waals surface area (Å²) in [6.45, 7) is 0. The minimum Gasteiger partial charge on any atom is -0.348 e. The Hall–Kier alpha value is -2.18. The van der Waals surface area contributed by atoms with Crippen LogP contribution in [0.15, 0.2) is 41.8 Å². The topological polar surface area (TPSA) is 37.6 Å². The molecule has 0 saturated heterocycles. The Morgan fingerprint density at radius 3 is 2.78 bits per heavy atom. The number of carbonyl (C=O) groups excluding carboxylic acids is 1. The van der Waals surface area contributed by atoms with Crippen molar-refractivity contribution in [2.75, 3.05) is 14.1 Å². The molecule has 0 aliphatic carbocycles. The molecule has 0 spiro atoms. The number of carbonyl (C=O) groups is 1. The van der Waals surface area contributed by atoms with Gasteiger partial charge >= 0.3 is 0 Å². The fourth-order valence-electron chi connectivity index (χ4n) is 2.65. The van der Waals surface area contributed by atoms with Gasteiger partial charge in [0.25, 0.3) is 0 Å². The highest BCUT2D eigenvalue weighted by molar-refractivity contribution is 7.23. The maximum atomic E-state index is 12.3. The molecule has 1 aromatic carbocycles. The largest absolute Gasteiger partial charge is 0.348 e. The van der Waals surface area contributed by atoms with Gasteiger partial charge in [-0.2, -0.15) is 0 Å². The lowest BCUT2D eigenvalue weighted by Crippen LogP contribution is -2.24. The summed E-state index contributed by atoms with van der Waals surface area (Å²) in [5.74, 6) is 0.0832. The molecule has 116 valence electrons. The normalized spacial score (nSPS) is 11.4. The molecule has 1 amide bonds. The second-order valence-corrected chi connectivity index (χ2v) is 7.49. The molecular weight excluding hydrogens is 326 g/mol. The number of hydrogen-bond donors (Lipinski definition) is 0. The van der Waals surface area contributed by atoms with Crippen molar-refractivity contribution in [1.82, 2.24) is 14.3 Å². The molecule has 4 nitrogen and oxygen atoms in total. The molecular formula is C17H15N3OS2. The predicted molar refractivity (Wildman–Crippen MR) is 96.3 cm³/mol. The van der Waals surface area contributed by atoms with Gasteiger partial charge in [-0.1, -0.05) is 29.5 Å². The molecule has 0 saturated carbocycles. The Morgan fingerprint density at radius 2 is 2.04 bits per heavy atom. The van der Waals surface area contributed by atoms with Crippen molar-refractivity contribution in [3.05, 3.63) is 47.5 Å². The van der Waals surface area contributed by atoms with Crippen molar-refractivity contribution in [3.8, 4) is 10.6 Å². The van der Waals surface area contributed by atoms with Crippen molar-refractivity contribution < 1.29 is 4.79 Å². The quantitative estimate of drug-likeness (QED) is 0.567. The van der Waals surface area contributed by atoms with E-state index < -0.39 is 0 Å². The van der Waals surface area contributed by atoms with Gasteiger partial charge in [-0.25, -0.2) is 4.98 Å². The van der Waals surface area contributed by atoms with E-state index in [-0.39, 0.29) is 5.91 Å². The number of imidazole rings is 1. The van der Waals surface area contributed by atoms with Crippen LogP contribution >= 0.6 is 22.7 Å². The van der Waals surface area contributed by atoms with Gasteiger partial charge < -0.3 is 4.90 Å². The fourth-order valence-corrected chi connectivity index (χ4v) is 4.43. The molecule has 0 bridgehead atoms. The number of hydrogen-bond acceptors (Lipinski definition) is 4. The van der Waals surface area contributed by atoms with E-state index in [0.717, 1.165) is 26.7 Å². The van der Waals surface area contributed by atoms with Crippen LogP contribution in [0.4, 0.5) is 0 Å². The molecule has 0 unspecified atom stereocenters. The van der Waals surface area contributed by atoms with E-state index in [2.05, 4.69) is 22.6 Å². The average molecular weight is 341 g/mol. The summed E-state index contributed by atoms with van der Waals surface area (Å²) in [5.41, 5.74) is 3.01.